The molecule has 1 fully saturated rings. The largest absolute Gasteiger partial charge is 0.464 e. The van der Waals surface area contributed by atoms with Crippen molar-refractivity contribution in [2.45, 2.75) is 58.7 Å². The van der Waals surface area contributed by atoms with Crippen molar-refractivity contribution in [3.05, 3.63) is 36.1 Å². The monoisotopic (exact) mass is 434 g/mol. The Labute approximate surface area is 180 Å². The van der Waals surface area contributed by atoms with Crippen LogP contribution in [0.5, 0.6) is 0 Å². The van der Waals surface area contributed by atoms with E-state index in [0.29, 0.717) is 19.3 Å². The smallest absolute Gasteiger partial charge is 0.326 e. The van der Waals surface area contributed by atoms with Crippen LogP contribution in [0.2, 0.25) is 0 Å². The van der Waals surface area contributed by atoms with Crippen molar-refractivity contribution in [3.8, 4) is 0 Å². The molecule has 1 aliphatic rings. The Hall–Kier alpha value is -2.38. The third-order valence-corrected chi connectivity index (χ3v) is 6.05. The summed E-state index contributed by atoms with van der Waals surface area (Å²) in [5.74, 6) is -0.294. The number of carbonyl (C=O) groups is 3. The molecule has 1 N–H and O–H groups in total. The number of imide groups is 1. The molecule has 0 aliphatic carbocycles. The SMILES string of the molecule is CCCC(NC(=O)N1C(=O)C(CC)(CC)C1OCC(=O)Cl)c1ccc2occc2c1. The van der Waals surface area contributed by atoms with Crippen LogP contribution in [0.1, 0.15) is 58.1 Å². The van der Waals surface area contributed by atoms with E-state index in [1.54, 1.807) is 6.26 Å². The highest BCUT2D eigenvalue weighted by Crippen LogP contribution is 2.46. The molecule has 30 heavy (non-hydrogen) atoms. The number of β-lactam (4-membered cyclic amide) rings is 1. The Morgan fingerprint density at radius 2 is 2.00 bits per heavy atom. The first kappa shape index (κ1) is 22.3. The predicted molar refractivity (Wildman–Crippen MR) is 113 cm³/mol. The van der Waals surface area contributed by atoms with E-state index in [4.69, 9.17) is 20.8 Å². The number of nitrogens with one attached hydrogen (secondary N) is 1. The summed E-state index contributed by atoms with van der Waals surface area (Å²) in [5.41, 5.74) is 0.880. The van der Waals surface area contributed by atoms with Crippen LogP contribution in [-0.2, 0) is 14.3 Å². The number of halogens is 1. The van der Waals surface area contributed by atoms with Gasteiger partial charge in [0.2, 0.25) is 11.1 Å². The number of furan rings is 1. The van der Waals surface area contributed by atoms with Gasteiger partial charge in [0, 0.05) is 5.39 Å². The second kappa shape index (κ2) is 9.18. The number of ether oxygens (including phenoxy) is 1. The summed E-state index contributed by atoms with van der Waals surface area (Å²) in [5, 5.41) is 3.24. The number of urea groups is 1. The molecule has 2 atom stereocenters. The fourth-order valence-electron chi connectivity index (χ4n) is 4.14. The molecule has 1 aromatic carbocycles. The molecule has 1 aliphatic heterocycles. The molecule has 1 aromatic heterocycles. The zero-order valence-corrected chi connectivity index (χ0v) is 18.2. The van der Waals surface area contributed by atoms with Crippen molar-refractivity contribution >= 4 is 39.8 Å². The van der Waals surface area contributed by atoms with E-state index >= 15 is 0 Å². The molecule has 162 valence electrons. The van der Waals surface area contributed by atoms with Gasteiger partial charge in [-0.25, -0.2) is 9.69 Å². The molecular weight excluding hydrogens is 408 g/mol. The average molecular weight is 435 g/mol. The Balaban J connectivity index is 1.81. The second-order valence-electron chi connectivity index (χ2n) is 7.57. The van der Waals surface area contributed by atoms with Crippen molar-refractivity contribution in [3.63, 3.8) is 0 Å². The number of hydrogen-bond acceptors (Lipinski definition) is 5. The maximum atomic E-state index is 13.1. The van der Waals surface area contributed by atoms with Gasteiger partial charge in [0.15, 0.2) is 6.23 Å². The van der Waals surface area contributed by atoms with E-state index in [1.807, 2.05) is 45.0 Å². The molecule has 0 radical (unpaired) electrons. The molecule has 3 rings (SSSR count). The molecule has 1 saturated heterocycles. The molecule has 8 heteroatoms. The van der Waals surface area contributed by atoms with E-state index in [-0.39, 0.29) is 18.6 Å². The third kappa shape index (κ3) is 3.96. The zero-order valence-electron chi connectivity index (χ0n) is 17.4. The molecule has 0 bridgehead atoms. The van der Waals surface area contributed by atoms with Crippen LogP contribution in [0.25, 0.3) is 11.0 Å². The lowest BCUT2D eigenvalue weighted by atomic mass is 9.72. The molecule has 7 nitrogen and oxygen atoms in total. The number of rotatable bonds is 9. The fourth-order valence-corrected chi connectivity index (χ4v) is 4.21. The maximum Gasteiger partial charge on any atom is 0.326 e. The number of likely N-dealkylation sites (tertiary alicyclic amines) is 1. The van der Waals surface area contributed by atoms with Crippen molar-refractivity contribution in [2.24, 2.45) is 5.41 Å². The van der Waals surface area contributed by atoms with Crippen molar-refractivity contribution in [1.82, 2.24) is 10.2 Å². The highest BCUT2D eigenvalue weighted by atomic mass is 35.5. The summed E-state index contributed by atoms with van der Waals surface area (Å²) in [6.45, 7) is 5.41. The number of amides is 3. The number of hydrogen-bond donors (Lipinski definition) is 1. The van der Waals surface area contributed by atoms with Gasteiger partial charge in [-0.2, -0.15) is 0 Å². The lowest BCUT2D eigenvalue weighted by molar-refractivity contribution is -0.209. The summed E-state index contributed by atoms with van der Waals surface area (Å²) < 4.78 is 11.0. The summed E-state index contributed by atoms with van der Waals surface area (Å²) in [6.07, 6.45) is 3.36. The van der Waals surface area contributed by atoms with E-state index < -0.39 is 22.9 Å². The molecule has 2 heterocycles. The van der Waals surface area contributed by atoms with Gasteiger partial charge < -0.3 is 14.5 Å². The molecule has 0 saturated carbocycles. The first-order valence-electron chi connectivity index (χ1n) is 10.3. The zero-order chi connectivity index (χ0) is 21.9. The van der Waals surface area contributed by atoms with Gasteiger partial charge in [0.1, 0.15) is 12.2 Å². The topological polar surface area (TPSA) is 88.9 Å². The Bertz CT molecular complexity index is 937. The van der Waals surface area contributed by atoms with Gasteiger partial charge in [-0.3, -0.25) is 9.59 Å². The minimum atomic E-state index is -0.820. The van der Waals surface area contributed by atoms with Crippen LogP contribution in [0.15, 0.2) is 34.9 Å². The molecule has 2 aromatic rings. The van der Waals surface area contributed by atoms with Gasteiger partial charge in [-0.1, -0.05) is 33.3 Å². The van der Waals surface area contributed by atoms with Crippen LogP contribution < -0.4 is 5.32 Å². The Kier molecular flexibility index (Phi) is 6.83. The first-order chi connectivity index (χ1) is 14.4. The minimum Gasteiger partial charge on any atom is -0.464 e. The Morgan fingerprint density at radius 1 is 1.27 bits per heavy atom. The molecular formula is C22H27ClN2O5. The van der Waals surface area contributed by atoms with Crippen molar-refractivity contribution < 1.29 is 23.5 Å². The minimum absolute atomic E-state index is 0.275. The quantitative estimate of drug-likeness (QED) is 0.454. The molecule has 0 spiro atoms. The number of benzene rings is 1. The van der Waals surface area contributed by atoms with Crippen LogP contribution in [-0.4, -0.2) is 34.9 Å². The van der Waals surface area contributed by atoms with E-state index in [1.165, 1.54) is 0 Å². The van der Waals surface area contributed by atoms with Crippen LogP contribution in [0.4, 0.5) is 4.79 Å². The summed E-state index contributed by atoms with van der Waals surface area (Å²) >= 11 is 5.41. The average Bonchev–Trinajstić information content (AvgIpc) is 3.19. The Morgan fingerprint density at radius 3 is 2.63 bits per heavy atom. The van der Waals surface area contributed by atoms with Crippen molar-refractivity contribution in [1.29, 1.82) is 0 Å². The highest BCUT2D eigenvalue weighted by molar-refractivity contribution is 6.63. The maximum absolute atomic E-state index is 13.1. The number of nitrogens with zero attached hydrogens (tertiary/aromatic N) is 1. The summed E-state index contributed by atoms with van der Waals surface area (Å²) in [4.78, 5) is 38.2. The van der Waals surface area contributed by atoms with Gasteiger partial charge in [0.25, 0.3) is 0 Å². The standard InChI is InChI=1S/C22H27ClN2O5/c1-4-7-16(14-8-9-17-15(12-14)10-11-29-17)24-21(28)25-19(27)22(5-2,6-3)20(25)30-13-18(23)26/h8-12,16,20H,4-7,13H2,1-3H3,(H,24,28). The summed E-state index contributed by atoms with van der Waals surface area (Å²) in [7, 11) is 0. The second-order valence-corrected chi connectivity index (χ2v) is 7.99. The van der Waals surface area contributed by atoms with Crippen LogP contribution >= 0.6 is 11.6 Å². The normalized spacial score (nSPS) is 18.9. The highest BCUT2D eigenvalue weighted by Gasteiger charge is 2.62. The van der Waals surface area contributed by atoms with Gasteiger partial charge in [-0.15, -0.1) is 0 Å². The third-order valence-electron chi connectivity index (χ3n) is 5.94. The van der Waals surface area contributed by atoms with Crippen LogP contribution in [0, 0.1) is 5.41 Å². The van der Waals surface area contributed by atoms with Gasteiger partial charge in [-0.05, 0) is 54.6 Å². The molecule has 2 unspecified atom stereocenters. The van der Waals surface area contributed by atoms with E-state index in [9.17, 15) is 14.4 Å². The van der Waals surface area contributed by atoms with Crippen molar-refractivity contribution in [2.75, 3.05) is 6.61 Å². The number of fused-ring (bicyclic) bond motifs is 1. The van der Waals surface area contributed by atoms with E-state index in [2.05, 4.69) is 5.32 Å². The summed E-state index contributed by atoms with van der Waals surface area (Å²) in [6, 6.07) is 6.81. The fraction of sp³-hybridized carbons (Fsp3) is 0.500. The first-order valence-corrected chi connectivity index (χ1v) is 10.7. The predicted octanol–water partition coefficient (Wildman–Crippen LogP) is 4.74. The lowest BCUT2D eigenvalue weighted by Gasteiger charge is -2.53. The van der Waals surface area contributed by atoms with Crippen LogP contribution in [0.3, 0.4) is 0 Å². The van der Waals surface area contributed by atoms with Gasteiger partial charge >= 0.3 is 6.03 Å². The van der Waals surface area contributed by atoms with E-state index in [0.717, 1.165) is 27.9 Å². The lowest BCUT2D eigenvalue weighted by Crippen LogP contribution is -2.72. The van der Waals surface area contributed by atoms with Gasteiger partial charge in [0.05, 0.1) is 17.7 Å². The number of carbonyl (C=O) groups excluding carboxylic acids is 3. The molecule has 3 amide bonds.